The zero-order valence-electron chi connectivity index (χ0n) is 10.7. The van der Waals surface area contributed by atoms with Gasteiger partial charge in [-0.05, 0) is 6.92 Å². The Labute approximate surface area is 113 Å². The molecule has 2 heterocycles. The van der Waals surface area contributed by atoms with Gasteiger partial charge in [-0.15, -0.1) is 0 Å². The van der Waals surface area contributed by atoms with E-state index < -0.39 is 29.7 Å². The minimum absolute atomic E-state index is 0.247. The molecule has 0 spiro atoms. The monoisotopic (exact) mass is 285 g/mol. The number of nitrogens with zero attached hydrogens (tertiary/aromatic N) is 1. The number of aliphatic hydroxyl groups excluding tert-OH is 1. The maximum absolute atomic E-state index is 11.7. The zero-order chi connectivity index (χ0) is 14.7. The third kappa shape index (κ3) is 2.79. The molecule has 1 aliphatic heterocycles. The first-order valence-electron chi connectivity index (χ1n) is 6.00. The maximum Gasteiger partial charge on any atom is 0.330 e. The van der Waals surface area contributed by atoms with Gasteiger partial charge in [0.15, 0.2) is 0 Å². The summed E-state index contributed by atoms with van der Waals surface area (Å²) >= 11 is 0. The number of aromatic amines is 1. The molecule has 1 aliphatic rings. The third-order valence-corrected chi connectivity index (χ3v) is 3.08. The van der Waals surface area contributed by atoms with E-state index in [9.17, 15) is 19.5 Å². The number of carbonyl (C=O) groups excluding carboxylic acids is 1. The molecule has 1 aromatic rings. The molecule has 0 bridgehead atoms. The first kappa shape index (κ1) is 14.4. The van der Waals surface area contributed by atoms with Crippen LogP contribution >= 0.6 is 0 Å². The molecule has 1 unspecified atom stereocenters. The fraction of sp³-hybridized carbons (Fsp3) is 0.545. The summed E-state index contributed by atoms with van der Waals surface area (Å²) in [4.78, 5) is 40.4. The van der Waals surface area contributed by atoms with E-state index in [0.29, 0.717) is 12.0 Å². The lowest BCUT2D eigenvalue weighted by molar-refractivity contribution is -0.131. The molecule has 0 saturated carbocycles. The van der Waals surface area contributed by atoms with Gasteiger partial charge in [0.1, 0.15) is 18.4 Å². The van der Waals surface area contributed by atoms with Crippen molar-refractivity contribution in [3.05, 3.63) is 32.6 Å². The number of rotatable bonds is 5. The van der Waals surface area contributed by atoms with Crippen LogP contribution in [0.25, 0.3) is 0 Å². The van der Waals surface area contributed by atoms with Crippen LogP contribution in [-0.4, -0.2) is 39.9 Å². The van der Waals surface area contributed by atoms with Crippen molar-refractivity contribution in [1.82, 2.24) is 15.0 Å². The normalized spacial score (nSPS) is 25.6. The molecule has 1 amide bonds. The van der Waals surface area contributed by atoms with Crippen LogP contribution in [0.2, 0.25) is 0 Å². The number of carbonyl (C=O) groups is 1. The van der Waals surface area contributed by atoms with Crippen LogP contribution in [0.3, 0.4) is 0 Å². The quantitative estimate of drug-likeness (QED) is 0.432. The molecule has 1 saturated heterocycles. The van der Waals surface area contributed by atoms with Crippen molar-refractivity contribution in [3.63, 3.8) is 0 Å². The molecule has 0 aliphatic carbocycles. The van der Waals surface area contributed by atoms with Crippen molar-refractivity contribution in [2.24, 2.45) is 0 Å². The molecular weight excluding hydrogens is 270 g/mol. The second-order valence-electron chi connectivity index (χ2n) is 4.42. The molecule has 1 fully saturated rings. The Hall–Kier alpha value is -1.97. The molecule has 0 radical (unpaired) electrons. The van der Waals surface area contributed by atoms with Gasteiger partial charge in [-0.25, -0.2) is 10.3 Å². The van der Waals surface area contributed by atoms with Crippen LogP contribution in [0.4, 0.5) is 0 Å². The minimum atomic E-state index is -0.686. The van der Waals surface area contributed by atoms with E-state index in [1.165, 1.54) is 10.8 Å². The van der Waals surface area contributed by atoms with Crippen molar-refractivity contribution < 1.29 is 19.5 Å². The molecule has 9 nitrogen and oxygen atoms in total. The Morgan fingerprint density at radius 3 is 3.05 bits per heavy atom. The number of hydrogen-bond acceptors (Lipinski definition) is 6. The topological polar surface area (TPSA) is 123 Å². The number of aryl methyl sites for hydroxylation is 1. The van der Waals surface area contributed by atoms with Gasteiger partial charge in [0, 0.05) is 18.2 Å². The summed E-state index contributed by atoms with van der Waals surface area (Å²) in [6.45, 7) is 1.24. The van der Waals surface area contributed by atoms with E-state index in [-0.39, 0.29) is 13.0 Å². The highest BCUT2D eigenvalue weighted by Gasteiger charge is 2.37. The Morgan fingerprint density at radius 1 is 1.65 bits per heavy atom. The first-order chi connectivity index (χ1) is 9.56. The van der Waals surface area contributed by atoms with Gasteiger partial charge >= 0.3 is 5.69 Å². The summed E-state index contributed by atoms with van der Waals surface area (Å²) < 4.78 is 6.72. The number of aromatic nitrogens is 2. The Balaban J connectivity index is 2.22. The summed E-state index contributed by atoms with van der Waals surface area (Å²) in [5, 5.41) is 9.20. The van der Waals surface area contributed by atoms with E-state index in [4.69, 9.17) is 9.57 Å². The summed E-state index contributed by atoms with van der Waals surface area (Å²) in [6, 6.07) is 0. The summed E-state index contributed by atoms with van der Waals surface area (Å²) in [5.41, 5.74) is 1.34. The highest BCUT2D eigenvalue weighted by molar-refractivity contribution is 5.43. The Bertz CT molecular complexity index is 595. The van der Waals surface area contributed by atoms with Crippen LogP contribution < -0.4 is 16.7 Å². The SMILES string of the molecule is Cc1cn([C@H]2CC(ONC=O)[C@@H](CO)O2)c(=O)[nH]c1=O. The lowest BCUT2D eigenvalue weighted by Crippen LogP contribution is -2.33. The van der Waals surface area contributed by atoms with Gasteiger partial charge < -0.3 is 9.84 Å². The van der Waals surface area contributed by atoms with E-state index >= 15 is 0 Å². The standard InChI is InChI=1S/C11H15N3O6/c1-6-3-14(11(18)13-10(6)17)9-2-7(20-12-5-16)8(4-15)19-9/h3,5,7-9,15H,2,4H2,1H3,(H,12,16)(H,13,17,18)/t7?,8-,9-/m1/s1. The molecule has 20 heavy (non-hydrogen) atoms. The number of aliphatic hydroxyl groups is 1. The number of H-pyrrole nitrogens is 1. The van der Waals surface area contributed by atoms with Crippen LogP contribution in [0.15, 0.2) is 15.8 Å². The predicted octanol–water partition coefficient (Wildman–Crippen LogP) is -1.83. The van der Waals surface area contributed by atoms with Gasteiger partial charge in [0.05, 0.1) is 6.61 Å². The van der Waals surface area contributed by atoms with Gasteiger partial charge in [-0.1, -0.05) is 0 Å². The Morgan fingerprint density at radius 2 is 2.40 bits per heavy atom. The van der Waals surface area contributed by atoms with Gasteiger partial charge in [0.2, 0.25) is 6.41 Å². The van der Waals surface area contributed by atoms with E-state index in [1.807, 2.05) is 5.48 Å². The number of hydroxylamine groups is 1. The second kappa shape index (κ2) is 5.99. The van der Waals surface area contributed by atoms with Crippen molar-refractivity contribution in [1.29, 1.82) is 0 Å². The highest BCUT2D eigenvalue weighted by Crippen LogP contribution is 2.28. The summed E-state index contributed by atoms with van der Waals surface area (Å²) in [5.74, 6) is 0. The summed E-state index contributed by atoms with van der Waals surface area (Å²) in [7, 11) is 0. The van der Waals surface area contributed by atoms with Crippen molar-refractivity contribution in [2.75, 3.05) is 6.61 Å². The number of ether oxygens (including phenoxy) is 1. The fourth-order valence-corrected chi connectivity index (χ4v) is 2.07. The van der Waals surface area contributed by atoms with Crippen LogP contribution in [0.5, 0.6) is 0 Å². The van der Waals surface area contributed by atoms with Crippen molar-refractivity contribution >= 4 is 6.41 Å². The van der Waals surface area contributed by atoms with E-state index in [1.54, 1.807) is 6.92 Å². The van der Waals surface area contributed by atoms with Gasteiger partial charge in [-0.3, -0.25) is 24.0 Å². The zero-order valence-corrected chi connectivity index (χ0v) is 10.7. The lowest BCUT2D eigenvalue weighted by Gasteiger charge is -2.15. The number of hydrogen-bond donors (Lipinski definition) is 3. The molecule has 2 rings (SSSR count). The molecule has 3 N–H and O–H groups in total. The fourth-order valence-electron chi connectivity index (χ4n) is 2.07. The van der Waals surface area contributed by atoms with Gasteiger partial charge in [-0.2, -0.15) is 0 Å². The smallest absolute Gasteiger partial charge is 0.330 e. The number of nitrogens with one attached hydrogen (secondary N) is 2. The van der Waals surface area contributed by atoms with Crippen LogP contribution in [0.1, 0.15) is 18.2 Å². The lowest BCUT2D eigenvalue weighted by atomic mass is 10.2. The molecule has 1 aromatic heterocycles. The number of amides is 1. The first-order valence-corrected chi connectivity index (χ1v) is 6.00. The molecular formula is C11H15N3O6. The van der Waals surface area contributed by atoms with Crippen molar-refractivity contribution in [3.8, 4) is 0 Å². The highest BCUT2D eigenvalue weighted by atomic mass is 16.7. The molecule has 110 valence electrons. The average molecular weight is 285 g/mol. The molecule has 9 heteroatoms. The largest absolute Gasteiger partial charge is 0.394 e. The predicted molar refractivity (Wildman–Crippen MR) is 65.7 cm³/mol. The maximum atomic E-state index is 11.7. The third-order valence-electron chi connectivity index (χ3n) is 3.08. The van der Waals surface area contributed by atoms with Crippen LogP contribution in [0, 0.1) is 6.92 Å². The Kier molecular flexibility index (Phi) is 4.32. The minimum Gasteiger partial charge on any atom is -0.394 e. The molecule has 0 aromatic carbocycles. The summed E-state index contributed by atoms with van der Waals surface area (Å²) in [6.07, 6.45) is 0.0419. The van der Waals surface area contributed by atoms with E-state index in [2.05, 4.69) is 4.98 Å². The van der Waals surface area contributed by atoms with Crippen molar-refractivity contribution in [2.45, 2.75) is 31.8 Å². The second-order valence-corrected chi connectivity index (χ2v) is 4.42. The molecule has 3 atom stereocenters. The van der Waals surface area contributed by atoms with Gasteiger partial charge in [0.25, 0.3) is 5.56 Å². The van der Waals surface area contributed by atoms with Crippen LogP contribution in [-0.2, 0) is 14.4 Å². The average Bonchev–Trinajstić information content (AvgIpc) is 2.83. The van der Waals surface area contributed by atoms with E-state index in [0.717, 1.165) is 0 Å².